The van der Waals surface area contributed by atoms with Crippen molar-refractivity contribution in [1.82, 2.24) is 9.88 Å². The van der Waals surface area contributed by atoms with Gasteiger partial charge >= 0.3 is 0 Å². The van der Waals surface area contributed by atoms with Gasteiger partial charge in [-0.1, -0.05) is 37.0 Å². The lowest BCUT2D eigenvalue weighted by Gasteiger charge is -2.23. The Kier molecular flexibility index (Phi) is 7.43. The molecule has 0 atom stereocenters. The van der Waals surface area contributed by atoms with E-state index in [2.05, 4.69) is 24.1 Å². The van der Waals surface area contributed by atoms with Gasteiger partial charge in [-0.15, -0.1) is 11.3 Å². The molecule has 2 amide bonds. The van der Waals surface area contributed by atoms with Crippen molar-refractivity contribution in [2.24, 2.45) is 5.92 Å². The second-order valence-corrected chi connectivity index (χ2v) is 8.50. The third kappa shape index (κ3) is 6.27. The largest absolute Gasteiger partial charge is 0.329 e. The van der Waals surface area contributed by atoms with Gasteiger partial charge in [-0.05, 0) is 37.5 Å². The number of aryl methyl sites for hydroxylation is 1. The van der Waals surface area contributed by atoms with Gasteiger partial charge in [0.1, 0.15) is 6.54 Å². The molecule has 1 aromatic heterocycles. The van der Waals surface area contributed by atoms with Gasteiger partial charge in [0.05, 0.1) is 0 Å². The Morgan fingerprint density at radius 1 is 1.23 bits per heavy atom. The number of carbonyl (C=O) groups excluding carboxylic acids is 2. The number of benzene rings is 1. The number of amides is 2. The second-order valence-electron chi connectivity index (χ2n) is 6.39. The first-order chi connectivity index (χ1) is 12.2. The molecule has 5 nitrogen and oxygen atoms in total. The fraction of sp³-hybridized carbons (Fsp3) is 0.389. The molecular formula is C18H21Cl2N3O2S. The smallest absolute Gasteiger partial charge is 0.254 e. The van der Waals surface area contributed by atoms with Crippen LogP contribution in [0.3, 0.4) is 0 Å². The van der Waals surface area contributed by atoms with Crippen LogP contribution in [-0.4, -0.2) is 34.8 Å². The van der Waals surface area contributed by atoms with Gasteiger partial charge in [0.25, 0.3) is 5.91 Å². The molecule has 2 aromatic rings. The summed E-state index contributed by atoms with van der Waals surface area (Å²) >= 11 is 13.4. The molecule has 8 heteroatoms. The highest BCUT2D eigenvalue weighted by Gasteiger charge is 2.20. The third-order valence-electron chi connectivity index (χ3n) is 3.58. The van der Waals surface area contributed by atoms with Crippen molar-refractivity contribution in [3.8, 4) is 0 Å². The number of anilines is 1. The highest BCUT2D eigenvalue weighted by molar-refractivity contribution is 7.15. The average molecular weight is 414 g/mol. The lowest BCUT2D eigenvalue weighted by atomic mass is 10.1. The van der Waals surface area contributed by atoms with Gasteiger partial charge in [0.15, 0.2) is 5.13 Å². The molecular weight excluding hydrogens is 393 g/mol. The summed E-state index contributed by atoms with van der Waals surface area (Å²) < 4.78 is 0. The molecule has 0 saturated heterocycles. The van der Waals surface area contributed by atoms with Crippen LogP contribution in [0.4, 0.5) is 5.13 Å². The molecule has 0 radical (unpaired) electrons. The Labute approximate surface area is 167 Å². The van der Waals surface area contributed by atoms with Crippen LogP contribution in [0.1, 0.15) is 35.5 Å². The van der Waals surface area contributed by atoms with Gasteiger partial charge in [-0.3, -0.25) is 9.59 Å². The van der Waals surface area contributed by atoms with Crippen molar-refractivity contribution in [1.29, 1.82) is 0 Å². The summed E-state index contributed by atoms with van der Waals surface area (Å²) in [5.41, 5.74) is 0.365. The molecule has 0 spiro atoms. The van der Waals surface area contributed by atoms with Crippen LogP contribution in [-0.2, 0) is 4.79 Å². The minimum Gasteiger partial charge on any atom is -0.329 e. The lowest BCUT2D eigenvalue weighted by molar-refractivity contribution is -0.116. The molecule has 2 rings (SSSR count). The van der Waals surface area contributed by atoms with E-state index in [1.54, 1.807) is 24.4 Å². The van der Waals surface area contributed by atoms with E-state index in [1.807, 2.05) is 6.92 Å². The van der Waals surface area contributed by atoms with Crippen LogP contribution in [0.25, 0.3) is 0 Å². The molecule has 0 aliphatic rings. The summed E-state index contributed by atoms with van der Waals surface area (Å²) in [6, 6.07) is 4.68. The molecule has 0 bridgehead atoms. The first kappa shape index (κ1) is 20.7. The first-order valence-corrected chi connectivity index (χ1v) is 9.79. The number of carbonyl (C=O) groups is 2. The SMILES string of the molecule is Cc1cnc(NC(=O)CN(CCC(C)C)C(=O)c2cc(Cl)cc(Cl)c2)s1. The minimum atomic E-state index is -0.287. The van der Waals surface area contributed by atoms with Crippen LogP contribution >= 0.6 is 34.5 Å². The summed E-state index contributed by atoms with van der Waals surface area (Å²) in [5.74, 6) is -0.164. The van der Waals surface area contributed by atoms with Gasteiger partial charge in [0, 0.05) is 33.2 Å². The van der Waals surface area contributed by atoms with Crippen molar-refractivity contribution < 1.29 is 9.59 Å². The number of halogens is 2. The summed E-state index contributed by atoms with van der Waals surface area (Å²) in [5, 5.41) is 4.02. The molecule has 0 saturated carbocycles. The molecule has 140 valence electrons. The van der Waals surface area contributed by atoms with E-state index in [4.69, 9.17) is 23.2 Å². The number of aromatic nitrogens is 1. The number of hydrogen-bond acceptors (Lipinski definition) is 4. The van der Waals surface area contributed by atoms with Crippen LogP contribution in [0.15, 0.2) is 24.4 Å². The Morgan fingerprint density at radius 2 is 1.88 bits per heavy atom. The second kappa shape index (κ2) is 9.35. The zero-order valence-electron chi connectivity index (χ0n) is 14.9. The van der Waals surface area contributed by atoms with Gasteiger partial charge in [-0.2, -0.15) is 0 Å². The van der Waals surface area contributed by atoms with Gasteiger partial charge < -0.3 is 10.2 Å². The number of thiazole rings is 1. The number of nitrogens with one attached hydrogen (secondary N) is 1. The average Bonchev–Trinajstić information content (AvgIpc) is 2.94. The predicted molar refractivity (Wildman–Crippen MR) is 107 cm³/mol. The molecule has 0 aliphatic carbocycles. The Bertz CT molecular complexity index is 772. The van der Waals surface area contributed by atoms with Crippen molar-refractivity contribution in [3.63, 3.8) is 0 Å². The molecule has 0 fully saturated rings. The van der Waals surface area contributed by atoms with E-state index in [1.165, 1.54) is 16.2 Å². The predicted octanol–water partition coefficient (Wildman–Crippen LogP) is 4.89. The first-order valence-electron chi connectivity index (χ1n) is 8.22. The molecule has 1 N–H and O–H groups in total. The zero-order valence-corrected chi connectivity index (χ0v) is 17.2. The van der Waals surface area contributed by atoms with E-state index >= 15 is 0 Å². The van der Waals surface area contributed by atoms with Crippen molar-refractivity contribution in [2.75, 3.05) is 18.4 Å². The summed E-state index contributed by atoms with van der Waals surface area (Å²) in [6.07, 6.45) is 2.47. The summed E-state index contributed by atoms with van der Waals surface area (Å²) in [4.78, 5) is 31.9. The maximum atomic E-state index is 12.9. The van der Waals surface area contributed by atoms with E-state index in [0.717, 1.165) is 11.3 Å². The van der Waals surface area contributed by atoms with Crippen LogP contribution in [0.5, 0.6) is 0 Å². The monoisotopic (exact) mass is 413 g/mol. The van der Waals surface area contributed by atoms with E-state index in [9.17, 15) is 9.59 Å². The molecule has 0 unspecified atom stereocenters. The van der Waals surface area contributed by atoms with Crippen molar-refractivity contribution in [2.45, 2.75) is 27.2 Å². The minimum absolute atomic E-state index is 0.0612. The number of rotatable bonds is 7. The Morgan fingerprint density at radius 3 is 2.42 bits per heavy atom. The van der Waals surface area contributed by atoms with E-state index in [0.29, 0.717) is 33.2 Å². The maximum Gasteiger partial charge on any atom is 0.254 e. The summed E-state index contributed by atoms with van der Waals surface area (Å²) in [6.45, 7) is 6.45. The van der Waals surface area contributed by atoms with E-state index in [-0.39, 0.29) is 18.4 Å². The van der Waals surface area contributed by atoms with Gasteiger partial charge in [-0.25, -0.2) is 4.98 Å². The fourth-order valence-electron chi connectivity index (χ4n) is 2.27. The Balaban J connectivity index is 2.13. The lowest BCUT2D eigenvalue weighted by Crippen LogP contribution is -2.39. The Hall–Kier alpha value is -1.63. The molecule has 1 heterocycles. The highest BCUT2D eigenvalue weighted by atomic mass is 35.5. The van der Waals surface area contributed by atoms with Crippen molar-refractivity contribution in [3.05, 3.63) is 44.9 Å². The highest BCUT2D eigenvalue weighted by Crippen LogP contribution is 2.21. The standard InChI is InChI=1S/C18H21Cl2N3O2S/c1-11(2)4-5-23(10-16(24)22-18-21-9-12(3)26-18)17(25)13-6-14(19)8-15(20)7-13/h6-9,11H,4-5,10H2,1-3H3,(H,21,22,24). The van der Waals surface area contributed by atoms with Crippen LogP contribution in [0.2, 0.25) is 10.0 Å². The number of nitrogens with zero attached hydrogens (tertiary/aromatic N) is 2. The topological polar surface area (TPSA) is 62.3 Å². The fourth-order valence-corrected chi connectivity index (χ4v) is 3.48. The van der Waals surface area contributed by atoms with Gasteiger partial charge in [0.2, 0.25) is 5.91 Å². The van der Waals surface area contributed by atoms with E-state index < -0.39 is 0 Å². The number of hydrogen-bond donors (Lipinski definition) is 1. The molecule has 26 heavy (non-hydrogen) atoms. The van der Waals surface area contributed by atoms with Crippen LogP contribution < -0.4 is 5.32 Å². The maximum absolute atomic E-state index is 12.9. The molecule has 1 aromatic carbocycles. The molecule has 0 aliphatic heterocycles. The normalized spacial score (nSPS) is 10.8. The van der Waals surface area contributed by atoms with Crippen LogP contribution in [0, 0.1) is 12.8 Å². The third-order valence-corrected chi connectivity index (χ3v) is 4.84. The quantitative estimate of drug-likeness (QED) is 0.702. The summed E-state index contributed by atoms with van der Waals surface area (Å²) in [7, 11) is 0. The zero-order chi connectivity index (χ0) is 19.3. The van der Waals surface area contributed by atoms with Crippen molar-refractivity contribution >= 4 is 51.5 Å².